The van der Waals surface area contributed by atoms with E-state index in [1.807, 2.05) is 27.7 Å². The third kappa shape index (κ3) is 6.66. The van der Waals surface area contributed by atoms with Gasteiger partial charge in [0, 0.05) is 22.9 Å². The molecular formula is C21H25N3O3S. The second kappa shape index (κ2) is 9.85. The summed E-state index contributed by atoms with van der Waals surface area (Å²) in [4.78, 5) is 24.1. The summed E-state index contributed by atoms with van der Waals surface area (Å²) in [5, 5.41) is 8.58. The Balaban J connectivity index is 1.93. The van der Waals surface area contributed by atoms with Gasteiger partial charge in [-0.05, 0) is 68.5 Å². The van der Waals surface area contributed by atoms with Gasteiger partial charge in [0.05, 0.1) is 6.10 Å². The maximum absolute atomic E-state index is 12.4. The molecule has 0 aromatic heterocycles. The highest BCUT2D eigenvalue weighted by Gasteiger charge is 2.10. The van der Waals surface area contributed by atoms with Crippen molar-refractivity contribution in [2.45, 2.75) is 33.8 Å². The summed E-state index contributed by atoms with van der Waals surface area (Å²) in [6.45, 7) is 7.50. The highest BCUT2D eigenvalue weighted by atomic mass is 32.1. The summed E-state index contributed by atoms with van der Waals surface area (Å²) in [5.41, 5.74) is 1.85. The maximum Gasteiger partial charge on any atom is 0.257 e. The average molecular weight is 400 g/mol. The molecule has 2 aromatic carbocycles. The second-order valence-corrected chi connectivity index (χ2v) is 7.23. The lowest BCUT2D eigenvalue weighted by molar-refractivity contribution is -0.118. The van der Waals surface area contributed by atoms with E-state index in [0.717, 1.165) is 0 Å². The molecule has 28 heavy (non-hydrogen) atoms. The van der Waals surface area contributed by atoms with Gasteiger partial charge in [-0.3, -0.25) is 14.9 Å². The van der Waals surface area contributed by atoms with E-state index in [1.54, 1.807) is 48.5 Å². The molecule has 6 nitrogen and oxygen atoms in total. The molecule has 0 aliphatic rings. The molecule has 2 aromatic rings. The molecule has 2 amide bonds. The third-order valence-electron chi connectivity index (χ3n) is 3.63. The van der Waals surface area contributed by atoms with Crippen LogP contribution in [0, 0.1) is 5.92 Å². The fourth-order valence-corrected chi connectivity index (χ4v) is 2.45. The van der Waals surface area contributed by atoms with Crippen LogP contribution in [0.5, 0.6) is 5.75 Å². The molecule has 2 rings (SSSR count). The van der Waals surface area contributed by atoms with E-state index in [2.05, 4.69) is 16.0 Å². The zero-order chi connectivity index (χ0) is 20.7. The van der Waals surface area contributed by atoms with Gasteiger partial charge in [0.15, 0.2) is 5.11 Å². The SMILES string of the molecule is CC(C)Oc1cccc(C(=O)NC(=S)Nc2ccc(NC(=O)C(C)C)cc2)c1. The van der Waals surface area contributed by atoms with E-state index < -0.39 is 0 Å². The molecule has 7 heteroatoms. The van der Waals surface area contributed by atoms with Crippen LogP contribution in [0.25, 0.3) is 0 Å². The lowest BCUT2D eigenvalue weighted by Crippen LogP contribution is -2.34. The van der Waals surface area contributed by atoms with Gasteiger partial charge in [-0.15, -0.1) is 0 Å². The Morgan fingerprint density at radius 1 is 0.929 bits per heavy atom. The van der Waals surface area contributed by atoms with Crippen molar-refractivity contribution >= 4 is 40.5 Å². The molecule has 148 valence electrons. The highest BCUT2D eigenvalue weighted by Crippen LogP contribution is 2.16. The van der Waals surface area contributed by atoms with Crippen molar-refractivity contribution in [3.63, 3.8) is 0 Å². The summed E-state index contributed by atoms with van der Waals surface area (Å²) < 4.78 is 5.60. The summed E-state index contributed by atoms with van der Waals surface area (Å²) >= 11 is 5.21. The Hall–Kier alpha value is -2.93. The van der Waals surface area contributed by atoms with E-state index >= 15 is 0 Å². The number of hydrogen-bond acceptors (Lipinski definition) is 4. The Kier molecular flexibility index (Phi) is 7.52. The summed E-state index contributed by atoms with van der Waals surface area (Å²) in [6, 6.07) is 14.0. The van der Waals surface area contributed by atoms with Crippen LogP contribution in [0.2, 0.25) is 0 Å². The van der Waals surface area contributed by atoms with Gasteiger partial charge in [0.1, 0.15) is 5.75 Å². The molecule has 0 heterocycles. The number of hydrogen-bond donors (Lipinski definition) is 3. The second-order valence-electron chi connectivity index (χ2n) is 6.82. The first-order chi connectivity index (χ1) is 13.2. The molecule has 0 aliphatic heterocycles. The fraction of sp³-hybridized carbons (Fsp3) is 0.286. The molecule has 0 saturated heterocycles. The molecular weight excluding hydrogens is 374 g/mol. The van der Waals surface area contributed by atoms with Crippen LogP contribution in [0.15, 0.2) is 48.5 Å². The van der Waals surface area contributed by atoms with E-state index in [4.69, 9.17) is 17.0 Å². The summed E-state index contributed by atoms with van der Waals surface area (Å²) in [7, 11) is 0. The molecule has 0 bridgehead atoms. The molecule has 0 radical (unpaired) electrons. The predicted molar refractivity (Wildman–Crippen MR) is 116 cm³/mol. The van der Waals surface area contributed by atoms with E-state index in [9.17, 15) is 9.59 Å². The largest absolute Gasteiger partial charge is 0.491 e. The van der Waals surface area contributed by atoms with Gasteiger partial charge in [0.2, 0.25) is 5.91 Å². The normalized spacial score (nSPS) is 10.5. The van der Waals surface area contributed by atoms with Crippen LogP contribution in [-0.4, -0.2) is 23.0 Å². The van der Waals surface area contributed by atoms with Gasteiger partial charge < -0.3 is 15.4 Å². The number of amides is 2. The number of benzene rings is 2. The Morgan fingerprint density at radius 3 is 2.11 bits per heavy atom. The topological polar surface area (TPSA) is 79.5 Å². The number of thiocarbonyl (C=S) groups is 1. The first-order valence-corrected chi connectivity index (χ1v) is 9.45. The number of nitrogens with one attached hydrogen (secondary N) is 3. The van der Waals surface area contributed by atoms with Gasteiger partial charge in [-0.2, -0.15) is 0 Å². The zero-order valence-electron chi connectivity index (χ0n) is 16.4. The Morgan fingerprint density at radius 2 is 1.54 bits per heavy atom. The molecule has 0 unspecified atom stereocenters. The first-order valence-electron chi connectivity index (χ1n) is 9.04. The van der Waals surface area contributed by atoms with Gasteiger partial charge in [0.25, 0.3) is 5.91 Å². The maximum atomic E-state index is 12.4. The number of anilines is 2. The Labute approximate surface area is 170 Å². The molecule has 0 saturated carbocycles. The van der Waals surface area contributed by atoms with Crippen molar-refractivity contribution in [1.29, 1.82) is 0 Å². The molecule has 0 atom stereocenters. The van der Waals surface area contributed by atoms with Crippen LogP contribution in [0.3, 0.4) is 0 Å². The fourth-order valence-electron chi connectivity index (χ4n) is 2.24. The highest BCUT2D eigenvalue weighted by molar-refractivity contribution is 7.80. The van der Waals surface area contributed by atoms with Crippen molar-refractivity contribution < 1.29 is 14.3 Å². The number of rotatable bonds is 6. The van der Waals surface area contributed by atoms with Gasteiger partial charge in [-0.25, -0.2) is 0 Å². The molecule has 0 spiro atoms. The smallest absolute Gasteiger partial charge is 0.257 e. The van der Waals surface area contributed by atoms with Crippen molar-refractivity contribution in [2.24, 2.45) is 5.92 Å². The minimum absolute atomic E-state index is 0.0225. The van der Waals surface area contributed by atoms with Gasteiger partial charge >= 0.3 is 0 Å². The lowest BCUT2D eigenvalue weighted by atomic mass is 10.2. The number of ether oxygens (including phenoxy) is 1. The average Bonchev–Trinajstić information content (AvgIpc) is 2.62. The lowest BCUT2D eigenvalue weighted by Gasteiger charge is -2.13. The van der Waals surface area contributed by atoms with Crippen LogP contribution < -0.4 is 20.7 Å². The summed E-state index contributed by atoms with van der Waals surface area (Å²) in [6.07, 6.45) is 0.0225. The van der Waals surface area contributed by atoms with Crippen molar-refractivity contribution in [3.8, 4) is 5.75 Å². The predicted octanol–water partition coefficient (Wildman–Crippen LogP) is 4.20. The van der Waals surface area contributed by atoms with Crippen LogP contribution in [0.4, 0.5) is 11.4 Å². The van der Waals surface area contributed by atoms with Crippen molar-refractivity contribution in [1.82, 2.24) is 5.32 Å². The van der Waals surface area contributed by atoms with Crippen LogP contribution in [0.1, 0.15) is 38.1 Å². The zero-order valence-corrected chi connectivity index (χ0v) is 17.2. The van der Waals surface area contributed by atoms with Crippen LogP contribution in [-0.2, 0) is 4.79 Å². The van der Waals surface area contributed by atoms with Gasteiger partial charge in [-0.1, -0.05) is 19.9 Å². The number of carbonyl (C=O) groups is 2. The monoisotopic (exact) mass is 399 g/mol. The first kappa shape index (κ1) is 21.4. The van der Waals surface area contributed by atoms with Crippen molar-refractivity contribution in [3.05, 3.63) is 54.1 Å². The van der Waals surface area contributed by atoms with E-state index in [-0.39, 0.29) is 28.9 Å². The molecule has 0 fully saturated rings. The Bertz CT molecular complexity index is 848. The molecule has 0 aliphatic carbocycles. The van der Waals surface area contributed by atoms with E-state index in [0.29, 0.717) is 22.7 Å². The standard InChI is InChI=1S/C21H25N3O3S/c1-13(2)19(25)22-16-8-10-17(11-9-16)23-21(28)24-20(26)15-6-5-7-18(12-15)27-14(3)4/h5-14H,1-4H3,(H,22,25)(H2,23,24,26,28). The van der Waals surface area contributed by atoms with Crippen LogP contribution >= 0.6 is 12.2 Å². The number of carbonyl (C=O) groups excluding carboxylic acids is 2. The third-order valence-corrected chi connectivity index (χ3v) is 3.83. The minimum atomic E-state index is -0.326. The van der Waals surface area contributed by atoms with Crippen molar-refractivity contribution in [2.75, 3.05) is 10.6 Å². The summed E-state index contributed by atoms with van der Waals surface area (Å²) in [5.74, 6) is 0.158. The van der Waals surface area contributed by atoms with E-state index in [1.165, 1.54) is 0 Å². The molecule has 3 N–H and O–H groups in total. The minimum Gasteiger partial charge on any atom is -0.491 e. The quantitative estimate of drug-likeness (QED) is 0.635.